The van der Waals surface area contributed by atoms with E-state index in [1.165, 1.54) is 6.07 Å². The summed E-state index contributed by atoms with van der Waals surface area (Å²) in [5, 5.41) is 13.6. The highest BCUT2D eigenvalue weighted by Gasteiger charge is 2.40. The Bertz CT molecular complexity index is 601. The monoisotopic (exact) mass is 287 g/mol. The third-order valence-corrected chi connectivity index (χ3v) is 3.00. The van der Waals surface area contributed by atoms with Gasteiger partial charge in [0.15, 0.2) is 0 Å². The first-order valence-electron chi connectivity index (χ1n) is 5.98. The van der Waals surface area contributed by atoms with Crippen molar-refractivity contribution in [1.82, 2.24) is 5.32 Å². The molecule has 0 unspecified atom stereocenters. The first kappa shape index (κ1) is 14.6. The summed E-state index contributed by atoms with van der Waals surface area (Å²) >= 11 is 0. The van der Waals surface area contributed by atoms with Crippen LogP contribution in [0.1, 0.15) is 5.56 Å². The van der Waals surface area contributed by atoms with Gasteiger partial charge in [-0.05, 0) is 16.8 Å². The van der Waals surface area contributed by atoms with Crippen molar-refractivity contribution in [3.63, 3.8) is 0 Å². The maximum Gasteiger partial charge on any atom is 0.319 e. The van der Waals surface area contributed by atoms with E-state index >= 15 is 0 Å². The average Bonchev–Trinajstić information content (AvgIpc) is 2.41. The van der Waals surface area contributed by atoms with Crippen molar-refractivity contribution in [2.45, 2.75) is 18.9 Å². The second-order valence-corrected chi connectivity index (χ2v) is 4.45. The van der Waals surface area contributed by atoms with Crippen LogP contribution >= 0.6 is 0 Å². The number of halogens is 4. The van der Waals surface area contributed by atoms with E-state index in [2.05, 4.69) is 5.32 Å². The average molecular weight is 287 g/mol. The van der Waals surface area contributed by atoms with Gasteiger partial charge in [0, 0.05) is 12.1 Å². The number of nitrogens with one attached hydrogen (secondary N) is 1. The van der Waals surface area contributed by atoms with Gasteiger partial charge < -0.3 is 10.4 Å². The maximum atomic E-state index is 12.8. The molecule has 0 amide bonds. The predicted molar refractivity (Wildman–Crippen MR) is 68.3 cm³/mol. The Kier molecular flexibility index (Phi) is 4.13. The molecule has 0 aromatic heterocycles. The Morgan fingerprint density at radius 2 is 1.80 bits per heavy atom. The van der Waals surface area contributed by atoms with Crippen LogP contribution < -0.4 is 5.32 Å². The van der Waals surface area contributed by atoms with Crippen LogP contribution in [0.5, 0.6) is 5.75 Å². The van der Waals surface area contributed by atoms with E-state index in [1.54, 1.807) is 18.2 Å². The molecule has 0 aliphatic heterocycles. The largest absolute Gasteiger partial charge is 0.508 e. The number of phenolic OH excluding ortho intramolecular Hbond substituents is 1. The zero-order chi connectivity index (χ0) is 14.8. The van der Waals surface area contributed by atoms with Gasteiger partial charge in [-0.2, -0.15) is 8.78 Å². The molecule has 0 saturated carbocycles. The Balaban J connectivity index is 2.16. The quantitative estimate of drug-likeness (QED) is 0.824. The summed E-state index contributed by atoms with van der Waals surface area (Å²) < 4.78 is 49.6. The minimum atomic E-state index is -4.08. The lowest BCUT2D eigenvalue weighted by Crippen LogP contribution is -2.38. The van der Waals surface area contributed by atoms with Crippen molar-refractivity contribution in [3.05, 3.63) is 42.0 Å². The molecular formula is C14H13F4NO. The summed E-state index contributed by atoms with van der Waals surface area (Å²) in [5.41, 5.74) is 0.410. The Hall–Kier alpha value is -1.82. The van der Waals surface area contributed by atoms with E-state index in [0.717, 1.165) is 5.39 Å². The van der Waals surface area contributed by atoms with E-state index in [0.29, 0.717) is 10.9 Å². The van der Waals surface area contributed by atoms with E-state index in [-0.39, 0.29) is 12.3 Å². The molecule has 20 heavy (non-hydrogen) atoms. The zero-order valence-corrected chi connectivity index (χ0v) is 10.4. The van der Waals surface area contributed by atoms with E-state index in [1.807, 2.05) is 12.1 Å². The van der Waals surface area contributed by atoms with Gasteiger partial charge in [-0.3, -0.25) is 0 Å². The number of alkyl halides is 4. The zero-order valence-electron chi connectivity index (χ0n) is 10.4. The van der Waals surface area contributed by atoms with E-state index in [9.17, 15) is 22.7 Å². The minimum Gasteiger partial charge on any atom is -0.508 e. The molecule has 0 heterocycles. The fourth-order valence-electron chi connectivity index (χ4n) is 1.94. The number of hydrogen-bond donors (Lipinski definition) is 2. The lowest BCUT2D eigenvalue weighted by molar-refractivity contribution is -0.125. The van der Waals surface area contributed by atoms with Crippen LogP contribution in [0, 0.1) is 0 Å². The van der Waals surface area contributed by atoms with Crippen LogP contribution in [0.25, 0.3) is 10.8 Å². The number of rotatable bonds is 5. The molecule has 0 saturated heterocycles. The lowest BCUT2D eigenvalue weighted by atomic mass is 10.0. The molecule has 0 bridgehead atoms. The third-order valence-electron chi connectivity index (χ3n) is 3.00. The summed E-state index contributed by atoms with van der Waals surface area (Å²) in [6, 6.07) is 10.2. The van der Waals surface area contributed by atoms with Crippen LogP contribution in [0.4, 0.5) is 17.6 Å². The van der Waals surface area contributed by atoms with Crippen molar-refractivity contribution >= 4 is 10.8 Å². The third kappa shape index (κ3) is 3.01. The summed E-state index contributed by atoms with van der Waals surface area (Å²) in [7, 11) is 0. The molecular weight excluding hydrogens is 274 g/mol. The van der Waals surface area contributed by atoms with Crippen molar-refractivity contribution < 1.29 is 22.7 Å². The van der Waals surface area contributed by atoms with Crippen molar-refractivity contribution in [2.75, 3.05) is 6.54 Å². The van der Waals surface area contributed by atoms with Gasteiger partial charge in [0.2, 0.25) is 0 Å². The van der Waals surface area contributed by atoms with Crippen LogP contribution in [0.3, 0.4) is 0 Å². The van der Waals surface area contributed by atoms with Crippen molar-refractivity contribution in [3.8, 4) is 5.75 Å². The van der Waals surface area contributed by atoms with Crippen molar-refractivity contribution in [2.24, 2.45) is 0 Å². The molecule has 0 fully saturated rings. The molecule has 0 aliphatic carbocycles. The molecule has 2 aromatic carbocycles. The fourth-order valence-corrected chi connectivity index (χ4v) is 1.94. The van der Waals surface area contributed by atoms with Gasteiger partial charge in [-0.15, -0.1) is 0 Å². The smallest absolute Gasteiger partial charge is 0.319 e. The molecule has 0 spiro atoms. The van der Waals surface area contributed by atoms with Gasteiger partial charge in [0.1, 0.15) is 5.75 Å². The minimum absolute atomic E-state index is 0.0587. The molecule has 6 heteroatoms. The molecule has 0 radical (unpaired) electrons. The van der Waals surface area contributed by atoms with Crippen LogP contribution in [0.15, 0.2) is 36.4 Å². The molecule has 2 nitrogen and oxygen atoms in total. The SMILES string of the molecule is Oc1ccc2ccccc2c1CNCC(F)(F)C(F)F. The summed E-state index contributed by atoms with van der Waals surface area (Å²) in [5.74, 6) is -4.14. The first-order valence-corrected chi connectivity index (χ1v) is 5.98. The first-order chi connectivity index (χ1) is 9.42. The second kappa shape index (κ2) is 5.66. The second-order valence-electron chi connectivity index (χ2n) is 4.45. The fraction of sp³-hybridized carbons (Fsp3) is 0.286. The Morgan fingerprint density at radius 1 is 1.10 bits per heavy atom. The van der Waals surface area contributed by atoms with Crippen LogP contribution in [0.2, 0.25) is 0 Å². The van der Waals surface area contributed by atoms with Crippen LogP contribution in [-0.2, 0) is 6.54 Å². The number of fused-ring (bicyclic) bond motifs is 1. The molecule has 0 aliphatic rings. The maximum absolute atomic E-state index is 12.8. The lowest BCUT2D eigenvalue weighted by Gasteiger charge is -2.16. The van der Waals surface area contributed by atoms with Gasteiger partial charge in [0.25, 0.3) is 0 Å². The molecule has 2 rings (SSSR count). The van der Waals surface area contributed by atoms with E-state index < -0.39 is 18.9 Å². The summed E-state index contributed by atoms with van der Waals surface area (Å²) in [6.45, 7) is -1.26. The Labute approximate surface area is 113 Å². The van der Waals surface area contributed by atoms with Crippen molar-refractivity contribution in [1.29, 1.82) is 0 Å². The molecule has 2 N–H and O–H groups in total. The number of hydrogen-bond acceptors (Lipinski definition) is 2. The molecule has 108 valence electrons. The normalized spacial score (nSPS) is 12.2. The number of benzene rings is 2. The number of aromatic hydroxyl groups is 1. The van der Waals surface area contributed by atoms with Gasteiger partial charge in [-0.1, -0.05) is 30.3 Å². The summed E-state index contributed by atoms with van der Waals surface area (Å²) in [6.07, 6.45) is -3.71. The topological polar surface area (TPSA) is 32.3 Å². The highest BCUT2D eigenvalue weighted by atomic mass is 19.3. The Morgan fingerprint density at radius 3 is 2.50 bits per heavy atom. The summed E-state index contributed by atoms with van der Waals surface area (Å²) in [4.78, 5) is 0. The van der Waals surface area contributed by atoms with Gasteiger partial charge >= 0.3 is 12.3 Å². The predicted octanol–water partition coefficient (Wildman–Crippen LogP) is 3.54. The van der Waals surface area contributed by atoms with E-state index in [4.69, 9.17) is 0 Å². The molecule has 0 atom stereocenters. The molecule has 2 aromatic rings. The highest BCUT2D eigenvalue weighted by Crippen LogP contribution is 2.27. The number of phenols is 1. The standard InChI is InChI=1S/C14H13F4NO/c15-13(16)14(17,18)8-19-7-11-10-4-2-1-3-9(10)5-6-12(11)20/h1-6,13,19-20H,7-8H2. The van der Waals surface area contributed by atoms with Gasteiger partial charge in [-0.25, -0.2) is 8.78 Å². The highest BCUT2D eigenvalue weighted by molar-refractivity contribution is 5.87. The van der Waals surface area contributed by atoms with Crippen LogP contribution in [-0.4, -0.2) is 24.0 Å². The van der Waals surface area contributed by atoms with Gasteiger partial charge in [0.05, 0.1) is 6.54 Å².